The maximum Gasteiger partial charge on any atom is 0.243 e. The molecule has 6 rings (SSSR count). The number of amides is 1. The largest absolute Gasteiger partial charge is 0.352 e. The smallest absolute Gasteiger partial charge is 0.243 e. The summed E-state index contributed by atoms with van der Waals surface area (Å²) >= 11 is 0. The maximum absolute atomic E-state index is 13.4. The van der Waals surface area contributed by atoms with Gasteiger partial charge in [0.05, 0.1) is 6.04 Å². The molecule has 3 aliphatic heterocycles. The Morgan fingerprint density at radius 3 is 2.93 bits per heavy atom. The number of benzene rings is 1. The molecule has 27 heavy (non-hydrogen) atoms. The van der Waals surface area contributed by atoms with Crippen molar-refractivity contribution in [3.05, 3.63) is 35.5 Å². The van der Waals surface area contributed by atoms with Gasteiger partial charge in [0.2, 0.25) is 5.91 Å². The second kappa shape index (κ2) is 5.60. The summed E-state index contributed by atoms with van der Waals surface area (Å²) < 4.78 is 2.46. The second-order valence-electron chi connectivity index (χ2n) is 9.26. The number of carbonyl (C=O) groups excluding carboxylic acids is 1. The average Bonchev–Trinajstić information content (AvgIpc) is 3.45. The fraction of sp³-hybridized carbons (Fsp3) is 0.609. The van der Waals surface area contributed by atoms with Gasteiger partial charge in [0, 0.05) is 29.2 Å². The van der Waals surface area contributed by atoms with Crippen LogP contribution in [0.25, 0.3) is 10.9 Å². The zero-order valence-corrected chi connectivity index (χ0v) is 16.2. The molecule has 142 valence electrons. The van der Waals surface area contributed by atoms with E-state index in [9.17, 15) is 4.79 Å². The maximum atomic E-state index is 13.4. The predicted octanol–water partition coefficient (Wildman–Crippen LogP) is 3.95. The molecule has 0 bridgehead atoms. The highest BCUT2D eigenvalue weighted by atomic mass is 16.2. The van der Waals surface area contributed by atoms with Crippen LogP contribution >= 0.6 is 0 Å². The van der Waals surface area contributed by atoms with E-state index in [1.165, 1.54) is 54.5 Å². The summed E-state index contributed by atoms with van der Waals surface area (Å²) in [5.74, 6) is 0.259. The molecule has 1 aromatic heterocycles. The van der Waals surface area contributed by atoms with Gasteiger partial charge >= 0.3 is 0 Å². The topological polar surface area (TPSA) is 37.3 Å². The third-order valence-corrected chi connectivity index (χ3v) is 7.87. The summed E-state index contributed by atoms with van der Waals surface area (Å²) in [7, 11) is 0. The van der Waals surface area contributed by atoms with Crippen molar-refractivity contribution >= 4 is 16.8 Å². The van der Waals surface area contributed by atoms with Gasteiger partial charge in [0.25, 0.3) is 0 Å². The van der Waals surface area contributed by atoms with Crippen LogP contribution in [0.4, 0.5) is 0 Å². The van der Waals surface area contributed by atoms with E-state index in [0.717, 1.165) is 25.7 Å². The van der Waals surface area contributed by atoms with Crippen molar-refractivity contribution in [2.45, 2.75) is 70.0 Å². The first-order valence-electron chi connectivity index (χ1n) is 10.9. The summed E-state index contributed by atoms with van der Waals surface area (Å²) in [6.45, 7) is 4.74. The molecule has 1 aromatic carbocycles. The van der Waals surface area contributed by atoms with Gasteiger partial charge in [-0.25, -0.2) is 0 Å². The number of nitrogens with one attached hydrogen (secondary N) is 1. The highest BCUT2D eigenvalue weighted by molar-refractivity contribution is 5.90. The minimum Gasteiger partial charge on any atom is -0.352 e. The van der Waals surface area contributed by atoms with Crippen LogP contribution in [0.1, 0.15) is 68.8 Å². The fourth-order valence-corrected chi connectivity index (χ4v) is 6.43. The minimum atomic E-state index is -0.0477. The molecule has 4 aliphatic rings. The number of hydrogen-bond donors (Lipinski definition) is 1. The lowest BCUT2D eigenvalue weighted by atomic mass is 9.63. The van der Waals surface area contributed by atoms with Crippen molar-refractivity contribution < 1.29 is 4.79 Å². The molecule has 2 fully saturated rings. The first-order chi connectivity index (χ1) is 13.2. The summed E-state index contributed by atoms with van der Waals surface area (Å²) in [6, 6.07) is 9.67. The second-order valence-corrected chi connectivity index (χ2v) is 9.26. The van der Waals surface area contributed by atoms with Gasteiger partial charge in [0.15, 0.2) is 0 Å². The highest BCUT2D eigenvalue weighted by Crippen LogP contribution is 2.59. The van der Waals surface area contributed by atoms with E-state index < -0.39 is 0 Å². The molecule has 1 N–H and O–H groups in total. The van der Waals surface area contributed by atoms with Gasteiger partial charge in [0.1, 0.15) is 6.04 Å². The summed E-state index contributed by atoms with van der Waals surface area (Å²) in [5, 5.41) is 4.71. The molecule has 0 radical (unpaired) electrons. The molecular formula is C23H29N3O. The molecule has 4 heteroatoms. The monoisotopic (exact) mass is 363 g/mol. The number of rotatable bonds is 3. The molecule has 3 atom stereocenters. The number of nitrogens with zero attached hydrogens (tertiary/aromatic N) is 2. The number of para-hydroxylation sites is 1. The molecule has 1 saturated heterocycles. The van der Waals surface area contributed by atoms with E-state index in [1.54, 1.807) is 0 Å². The first-order valence-corrected chi connectivity index (χ1v) is 10.9. The van der Waals surface area contributed by atoms with Gasteiger partial charge in [-0.05, 0) is 68.5 Å². The van der Waals surface area contributed by atoms with E-state index in [0.29, 0.717) is 12.1 Å². The standard InChI is InChI=1S/C23H29N3O/c1-2-23-11-5-12-25-13-10-17-16-6-3-4-7-18(16)26(20(17)21(23)25)19(14-23)22(27)24-15-8-9-15/h3-4,6-7,15,19,21H,2,5,8-14H2,1H3,(H,24,27)/t19-,21-,23+/m1/s1. The third-order valence-electron chi connectivity index (χ3n) is 7.87. The number of fused-ring (bicyclic) bond motifs is 3. The zero-order valence-electron chi connectivity index (χ0n) is 16.2. The van der Waals surface area contributed by atoms with Gasteiger partial charge < -0.3 is 9.88 Å². The van der Waals surface area contributed by atoms with Crippen LogP contribution < -0.4 is 5.32 Å². The third kappa shape index (κ3) is 2.16. The Kier molecular flexibility index (Phi) is 3.36. The zero-order chi connectivity index (χ0) is 18.2. The molecule has 2 aromatic rings. The summed E-state index contributed by atoms with van der Waals surface area (Å²) in [5.41, 5.74) is 4.53. The molecule has 4 heterocycles. The number of aromatic nitrogens is 1. The van der Waals surface area contributed by atoms with E-state index in [1.807, 2.05) is 0 Å². The van der Waals surface area contributed by atoms with Crippen molar-refractivity contribution in [3.63, 3.8) is 0 Å². The van der Waals surface area contributed by atoms with Crippen molar-refractivity contribution in [1.29, 1.82) is 0 Å². The van der Waals surface area contributed by atoms with Gasteiger partial charge in [-0.15, -0.1) is 0 Å². The van der Waals surface area contributed by atoms with E-state index in [2.05, 4.69) is 46.0 Å². The molecule has 1 amide bonds. The van der Waals surface area contributed by atoms with Crippen LogP contribution in [0, 0.1) is 5.41 Å². The van der Waals surface area contributed by atoms with Gasteiger partial charge in [-0.3, -0.25) is 9.69 Å². The quantitative estimate of drug-likeness (QED) is 0.896. The van der Waals surface area contributed by atoms with Gasteiger partial charge in [-0.2, -0.15) is 0 Å². The van der Waals surface area contributed by atoms with E-state index in [-0.39, 0.29) is 17.4 Å². The number of carbonyl (C=O) groups is 1. The molecule has 1 aliphatic carbocycles. The Morgan fingerprint density at radius 2 is 2.11 bits per heavy atom. The normalized spacial score (nSPS) is 32.3. The Morgan fingerprint density at radius 1 is 1.26 bits per heavy atom. The molecule has 1 saturated carbocycles. The van der Waals surface area contributed by atoms with Crippen LogP contribution in [-0.4, -0.2) is 34.5 Å². The molecule has 4 nitrogen and oxygen atoms in total. The molecular weight excluding hydrogens is 334 g/mol. The van der Waals surface area contributed by atoms with Crippen molar-refractivity contribution in [1.82, 2.24) is 14.8 Å². The summed E-state index contributed by atoms with van der Waals surface area (Å²) in [6.07, 6.45) is 8.12. The first kappa shape index (κ1) is 16.2. The van der Waals surface area contributed by atoms with Crippen molar-refractivity contribution in [2.75, 3.05) is 13.1 Å². The van der Waals surface area contributed by atoms with Crippen LogP contribution in [0.2, 0.25) is 0 Å². The Balaban J connectivity index is 1.60. The van der Waals surface area contributed by atoms with Crippen molar-refractivity contribution in [2.24, 2.45) is 5.41 Å². The lowest BCUT2D eigenvalue weighted by molar-refractivity contribution is -0.128. The highest BCUT2D eigenvalue weighted by Gasteiger charge is 2.54. The van der Waals surface area contributed by atoms with E-state index >= 15 is 0 Å². The SMILES string of the molecule is CC[C@]12CCCN3CCc4c(n(c5ccccc45)[C@@H](C(=O)NC4CC4)C1)[C@@H]32. The fourth-order valence-electron chi connectivity index (χ4n) is 6.43. The van der Waals surface area contributed by atoms with E-state index in [4.69, 9.17) is 0 Å². The van der Waals surface area contributed by atoms with Gasteiger partial charge in [-0.1, -0.05) is 25.1 Å². The lowest BCUT2D eigenvalue weighted by Crippen LogP contribution is -2.54. The Bertz CT molecular complexity index is 927. The summed E-state index contributed by atoms with van der Waals surface area (Å²) in [4.78, 5) is 16.1. The minimum absolute atomic E-state index is 0.0477. The predicted molar refractivity (Wildman–Crippen MR) is 107 cm³/mol. The molecule has 0 spiro atoms. The average molecular weight is 364 g/mol. The Hall–Kier alpha value is -1.81. The number of piperidine rings is 1. The van der Waals surface area contributed by atoms with Crippen molar-refractivity contribution in [3.8, 4) is 0 Å². The van der Waals surface area contributed by atoms with Crippen LogP contribution in [-0.2, 0) is 11.2 Å². The Labute approximate surface area is 160 Å². The lowest BCUT2D eigenvalue weighted by Gasteiger charge is -2.56. The van der Waals surface area contributed by atoms with Crippen LogP contribution in [0.5, 0.6) is 0 Å². The number of hydrogen-bond acceptors (Lipinski definition) is 2. The van der Waals surface area contributed by atoms with Crippen LogP contribution in [0.15, 0.2) is 24.3 Å². The van der Waals surface area contributed by atoms with Crippen LogP contribution in [0.3, 0.4) is 0 Å². The molecule has 0 unspecified atom stereocenters.